The molecular weight excluding hydrogens is 272 g/mol. The number of H-pyrrole nitrogens is 1. The molecule has 0 radical (unpaired) electrons. The normalized spacial score (nSPS) is 10.2. The largest absolute Gasteiger partial charge is 0.415 e. The highest BCUT2D eigenvalue weighted by molar-refractivity contribution is 7.12. The number of aryl methyl sites for hydroxylation is 1. The van der Waals surface area contributed by atoms with Crippen LogP contribution in [-0.4, -0.2) is 15.9 Å². The molecule has 19 heavy (non-hydrogen) atoms. The molecule has 2 rings (SSSR count). The third-order valence-corrected chi connectivity index (χ3v) is 3.06. The maximum atomic E-state index is 11.7. The van der Waals surface area contributed by atoms with E-state index in [9.17, 15) is 19.7 Å². The number of nitrogens with one attached hydrogen (secondary N) is 1. The van der Waals surface area contributed by atoms with E-state index in [-0.39, 0.29) is 5.75 Å². The van der Waals surface area contributed by atoms with Gasteiger partial charge in [-0.2, -0.15) is 0 Å². The van der Waals surface area contributed by atoms with Gasteiger partial charge in [-0.15, -0.1) is 11.3 Å². The molecule has 2 aromatic rings. The molecular formula is C11H8N2O5S. The molecule has 7 nitrogen and oxygen atoms in total. The van der Waals surface area contributed by atoms with Crippen molar-refractivity contribution in [2.45, 2.75) is 6.92 Å². The minimum atomic E-state index is -0.904. The number of esters is 1. The van der Waals surface area contributed by atoms with Crippen LogP contribution < -0.4 is 10.3 Å². The summed E-state index contributed by atoms with van der Waals surface area (Å²) in [6.45, 7) is 1.54. The number of thiophene rings is 1. The van der Waals surface area contributed by atoms with Crippen molar-refractivity contribution in [3.05, 3.63) is 54.6 Å². The third-order valence-electron chi connectivity index (χ3n) is 2.21. The Bertz CT molecular complexity index is 690. The SMILES string of the molecule is Cc1cc(OC(=O)c2cccs2)c([N+](=O)[O-])c(=O)[nH]1. The van der Waals surface area contributed by atoms with Crippen molar-refractivity contribution in [3.8, 4) is 5.75 Å². The van der Waals surface area contributed by atoms with Gasteiger partial charge in [-0.1, -0.05) is 6.07 Å². The van der Waals surface area contributed by atoms with Crippen molar-refractivity contribution in [1.29, 1.82) is 0 Å². The molecule has 0 fully saturated rings. The van der Waals surface area contributed by atoms with Crippen LogP contribution in [0.5, 0.6) is 5.75 Å². The van der Waals surface area contributed by atoms with Crippen molar-refractivity contribution in [3.63, 3.8) is 0 Å². The van der Waals surface area contributed by atoms with Crippen LogP contribution in [0.25, 0.3) is 0 Å². The zero-order chi connectivity index (χ0) is 14.0. The zero-order valence-electron chi connectivity index (χ0n) is 9.71. The fourth-order valence-corrected chi connectivity index (χ4v) is 2.05. The summed E-state index contributed by atoms with van der Waals surface area (Å²) in [6.07, 6.45) is 0. The van der Waals surface area contributed by atoms with Gasteiger partial charge in [0.25, 0.3) is 0 Å². The predicted molar refractivity (Wildman–Crippen MR) is 67.7 cm³/mol. The molecule has 98 valence electrons. The first-order chi connectivity index (χ1) is 8.99. The topological polar surface area (TPSA) is 102 Å². The second kappa shape index (κ2) is 5.02. The van der Waals surface area contributed by atoms with Crippen molar-refractivity contribution in [1.82, 2.24) is 4.98 Å². The van der Waals surface area contributed by atoms with Crippen molar-refractivity contribution in [2.24, 2.45) is 0 Å². The lowest BCUT2D eigenvalue weighted by Crippen LogP contribution is -2.16. The molecule has 0 saturated carbocycles. The molecule has 0 bridgehead atoms. The molecule has 0 amide bonds. The number of nitro groups is 1. The van der Waals surface area contributed by atoms with E-state index in [2.05, 4.69) is 4.98 Å². The van der Waals surface area contributed by atoms with E-state index < -0.39 is 22.1 Å². The van der Waals surface area contributed by atoms with Gasteiger partial charge in [-0.05, 0) is 18.4 Å². The Morgan fingerprint density at radius 1 is 1.53 bits per heavy atom. The number of aromatic amines is 1. The maximum Gasteiger partial charge on any atom is 0.376 e. The summed E-state index contributed by atoms with van der Waals surface area (Å²) in [5, 5.41) is 12.5. The number of aromatic nitrogens is 1. The van der Waals surface area contributed by atoms with Crippen LogP contribution in [0.2, 0.25) is 0 Å². The Morgan fingerprint density at radius 2 is 2.26 bits per heavy atom. The Labute approximate surface area is 110 Å². The number of ether oxygens (including phenoxy) is 1. The van der Waals surface area contributed by atoms with Crippen LogP contribution in [0, 0.1) is 17.0 Å². The standard InChI is InChI=1S/C11H8N2O5S/c1-6-5-7(9(13(16)17)10(14)12-6)18-11(15)8-3-2-4-19-8/h2-5H,1H3,(H,12,14). The van der Waals surface area contributed by atoms with Gasteiger partial charge in [-0.25, -0.2) is 4.79 Å². The number of pyridine rings is 1. The van der Waals surface area contributed by atoms with E-state index in [1.54, 1.807) is 11.4 Å². The summed E-state index contributed by atoms with van der Waals surface area (Å²) in [6, 6.07) is 4.42. The fourth-order valence-electron chi connectivity index (χ4n) is 1.45. The van der Waals surface area contributed by atoms with Crippen LogP contribution in [0.4, 0.5) is 5.69 Å². The average Bonchev–Trinajstić information content (AvgIpc) is 2.80. The molecule has 0 aliphatic rings. The Hall–Kier alpha value is -2.48. The van der Waals surface area contributed by atoms with E-state index >= 15 is 0 Å². The molecule has 0 aliphatic carbocycles. The molecule has 8 heteroatoms. The maximum absolute atomic E-state index is 11.7. The number of rotatable bonds is 3. The van der Waals surface area contributed by atoms with Crippen LogP contribution in [0.15, 0.2) is 28.4 Å². The first-order valence-corrected chi connectivity index (χ1v) is 6.01. The predicted octanol–water partition coefficient (Wildman–Crippen LogP) is 1.87. The van der Waals surface area contributed by atoms with Gasteiger partial charge in [0.2, 0.25) is 5.75 Å². The van der Waals surface area contributed by atoms with Gasteiger partial charge in [0.1, 0.15) is 4.88 Å². The number of hydrogen-bond donors (Lipinski definition) is 1. The smallest absolute Gasteiger partial charge is 0.376 e. The Morgan fingerprint density at radius 3 is 2.84 bits per heavy atom. The van der Waals surface area contributed by atoms with Crippen molar-refractivity contribution in [2.75, 3.05) is 0 Å². The lowest BCUT2D eigenvalue weighted by Gasteiger charge is -2.04. The molecule has 1 N–H and O–H groups in total. The minimum absolute atomic E-state index is 0.298. The summed E-state index contributed by atoms with van der Waals surface area (Å²) in [5.41, 5.74) is -1.32. The van der Waals surface area contributed by atoms with Gasteiger partial charge in [0.05, 0.1) is 4.92 Å². The van der Waals surface area contributed by atoms with Crippen LogP contribution in [-0.2, 0) is 0 Å². The lowest BCUT2D eigenvalue weighted by molar-refractivity contribution is -0.387. The monoisotopic (exact) mass is 280 g/mol. The highest BCUT2D eigenvalue weighted by Gasteiger charge is 2.24. The van der Waals surface area contributed by atoms with Gasteiger partial charge < -0.3 is 9.72 Å². The zero-order valence-corrected chi connectivity index (χ0v) is 10.5. The van der Waals surface area contributed by atoms with E-state index in [0.29, 0.717) is 10.6 Å². The van der Waals surface area contributed by atoms with Crippen LogP contribution >= 0.6 is 11.3 Å². The molecule has 0 aliphatic heterocycles. The summed E-state index contributed by atoms with van der Waals surface area (Å²) < 4.78 is 4.92. The van der Waals surface area contributed by atoms with Crippen molar-refractivity contribution < 1.29 is 14.5 Å². The van der Waals surface area contributed by atoms with E-state index in [0.717, 1.165) is 11.3 Å². The highest BCUT2D eigenvalue weighted by Crippen LogP contribution is 2.24. The number of carbonyl (C=O) groups is 1. The summed E-state index contributed by atoms with van der Waals surface area (Å²) in [4.78, 5) is 35.7. The van der Waals surface area contributed by atoms with Crippen LogP contribution in [0.1, 0.15) is 15.4 Å². The third kappa shape index (κ3) is 2.68. The van der Waals surface area contributed by atoms with Gasteiger partial charge >= 0.3 is 17.2 Å². The Balaban J connectivity index is 2.42. The molecule has 0 saturated heterocycles. The summed E-state index contributed by atoms with van der Waals surface area (Å²) in [5.74, 6) is -1.09. The number of nitrogens with zero attached hydrogens (tertiary/aromatic N) is 1. The van der Waals surface area contributed by atoms with Gasteiger partial charge in [0, 0.05) is 11.8 Å². The molecule has 2 aromatic heterocycles. The van der Waals surface area contributed by atoms with E-state index in [1.807, 2.05) is 0 Å². The second-order valence-electron chi connectivity index (χ2n) is 3.62. The fraction of sp³-hybridized carbons (Fsp3) is 0.0909. The average molecular weight is 280 g/mol. The van der Waals surface area contributed by atoms with Crippen molar-refractivity contribution >= 4 is 23.0 Å². The quantitative estimate of drug-likeness (QED) is 0.525. The molecule has 0 aromatic carbocycles. The Kier molecular flexibility index (Phi) is 3.43. The molecule has 2 heterocycles. The van der Waals surface area contributed by atoms with E-state index in [4.69, 9.17) is 4.74 Å². The molecule has 0 unspecified atom stereocenters. The molecule has 0 atom stereocenters. The van der Waals surface area contributed by atoms with E-state index in [1.165, 1.54) is 19.1 Å². The lowest BCUT2D eigenvalue weighted by atomic mass is 10.3. The second-order valence-corrected chi connectivity index (χ2v) is 4.57. The number of carbonyl (C=O) groups excluding carboxylic acids is 1. The van der Waals surface area contributed by atoms with Gasteiger partial charge in [-0.3, -0.25) is 14.9 Å². The highest BCUT2D eigenvalue weighted by atomic mass is 32.1. The first kappa shape index (κ1) is 13.0. The molecule has 0 spiro atoms. The minimum Gasteiger partial charge on any atom is -0.415 e. The first-order valence-electron chi connectivity index (χ1n) is 5.13. The number of hydrogen-bond acceptors (Lipinski definition) is 6. The summed E-state index contributed by atoms with van der Waals surface area (Å²) >= 11 is 1.14. The summed E-state index contributed by atoms with van der Waals surface area (Å²) in [7, 11) is 0. The van der Waals surface area contributed by atoms with Gasteiger partial charge in [0.15, 0.2) is 0 Å². The van der Waals surface area contributed by atoms with Crippen LogP contribution in [0.3, 0.4) is 0 Å².